The molecule has 1 aromatic heterocycles. The maximum atomic E-state index is 9.24. The molecule has 0 spiro atoms. The topological polar surface area (TPSA) is 53.6 Å². The molecule has 0 amide bonds. The zero-order chi connectivity index (χ0) is 13.5. The molecular formula is C15H18N4. The van der Waals surface area contributed by atoms with E-state index in [0.717, 1.165) is 12.1 Å². The van der Waals surface area contributed by atoms with Gasteiger partial charge in [0.15, 0.2) is 0 Å². The monoisotopic (exact) mass is 254 g/mol. The average molecular weight is 254 g/mol. The fourth-order valence-electron chi connectivity index (χ4n) is 2.02. The van der Waals surface area contributed by atoms with Gasteiger partial charge in [-0.1, -0.05) is 30.3 Å². The predicted molar refractivity (Wildman–Crippen MR) is 74.5 cm³/mol. The van der Waals surface area contributed by atoms with Crippen molar-refractivity contribution in [3.05, 3.63) is 54.6 Å². The summed E-state index contributed by atoms with van der Waals surface area (Å²) in [5.41, 5.74) is 1.06. The van der Waals surface area contributed by atoms with Crippen molar-refractivity contribution in [1.29, 1.82) is 5.26 Å². The van der Waals surface area contributed by atoms with Crippen molar-refractivity contribution in [3.63, 3.8) is 0 Å². The van der Waals surface area contributed by atoms with Crippen LogP contribution in [0.25, 0.3) is 0 Å². The van der Waals surface area contributed by atoms with E-state index in [-0.39, 0.29) is 5.92 Å². The third kappa shape index (κ3) is 3.94. The molecule has 4 nitrogen and oxygen atoms in total. The predicted octanol–water partition coefficient (Wildman–Crippen LogP) is 2.17. The average Bonchev–Trinajstić information content (AvgIpc) is 2.93. The molecule has 0 aliphatic carbocycles. The highest BCUT2D eigenvalue weighted by atomic mass is 15.1. The lowest BCUT2D eigenvalue weighted by atomic mass is 10.0. The molecule has 1 aromatic carbocycles. The minimum Gasteiger partial charge on any atom is -0.336 e. The summed E-state index contributed by atoms with van der Waals surface area (Å²) in [5, 5.41) is 12.6. The number of rotatable bonds is 6. The zero-order valence-electron chi connectivity index (χ0n) is 11.0. The number of hydrogen-bond donors (Lipinski definition) is 1. The number of nitrogens with zero attached hydrogens (tertiary/aromatic N) is 3. The van der Waals surface area contributed by atoms with Crippen LogP contribution in [-0.2, 0) is 6.54 Å². The number of nitriles is 1. The Morgan fingerprint density at radius 2 is 2.16 bits per heavy atom. The Morgan fingerprint density at radius 1 is 1.37 bits per heavy atom. The van der Waals surface area contributed by atoms with E-state index in [9.17, 15) is 5.26 Å². The minimum atomic E-state index is -0.105. The van der Waals surface area contributed by atoms with Gasteiger partial charge in [0.2, 0.25) is 0 Å². The lowest BCUT2D eigenvalue weighted by Crippen LogP contribution is -2.33. The van der Waals surface area contributed by atoms with Gasteiger partial charge >= 0.3 is 0 Å². The highest BCUT2D eigenvalue weighted by Crippen LogP contribution is 2.13. The summed E-state index contributed by atoms with van der Waals surface area (Å²) in [6.45, 7) is 3.63. The van der Waals surface area contributed by atoms with Gasteiger partial charge in [0.1, 0.15) is 0 Å². The normalized spacial score (nSPS) is 13.7. The number of benzene rings is 1. The number of nitrogens with one attached hydrogen (secondary N) is 1. The van der Waals surface area contributed by atoms with E-state index >= 15 is 0 Å². The number of hydrogen-bond acceptors (Lipinski definition) is 3. The highest BCUT2D eigenvalue weighted by molar-refractivity contribution is 5.25. The molecule has 4 heteroatoms. The van der Waals surface area contributed by atoms with Crippen LogP contribution in [0.5, 0.6) is 0 Å². The van der Waals surface area contributed by atoms with Crippen LogP contribution in [0, 0.1) is 11.3 Å². The Labute approximate surface area is 113 Å². The molecule has 0 aliphatic heterocycles. The molecule has 0 aliphatic rings. The van der Waals surface area contributed by atoms with Crippen molar-refractivity contribution >= 4 is 0 Å². The van der Waals surface area contributed by atoms with Gasteiger partial charge in [-0.3, -0.25) is 0 Å². The van der Waals surface area contributed by atoms with Crippen LogP contribution in [0.1, 0.15) is 18.4 Å². The van der Waals surface area contributed by atoms with Crippen LogP contribution in [0.3, 0.4) is 0 Å². The second-order valence-corrected chi connectivity index (χ2v) is 4.66. The van der Waals surface area contributed by atoms with E-state index in [1.165, 1.54) is 0 Å². The van der Waals surface area contributed by atoms with Crippen molar-refractivity contribution in [1.82, 2.24) is 14.9 Å². The van der Waals surface area contributed by atoms with E-state index in [4.69, 9.17) is 0 Å². The summed E-state index contributed by atoms with van der Waals surface area (Å²) in [5.74, 6) is -0.105. The summed E-state index contributed by atoms with van der Waals surface area (Å²) in [6.07, 6.45) is 5.52. The third-order valence-electron chi connectivity index (χ3n) is 3.07. The van der Waals surface area contributed by atoms with E-state index in [1.54, 1.807) is 12.5 Å². The second kappa shape index (κ2) is 6.72. The summed E-state index contributed by atoms with van der Waals surface area (Å²) in [6, 6.07) is 12.5. The first-order valence-corrected chi connectivity index (χ1v) is 6.43. The molecule has 2 aromatic rings. The molecule has 0 radical (unpaired) electrons. The quantitative estimate of drug-likeness (QED) is 0.859. The summed E-state index contributed by atoms with van der Waals surface area (Å²) >= 11 is 0. The van der Waals surface area contributed by atoms with Gasteiger partial charge in [-0.15, -0.1) is 0 Å². The van der Waals surface area contributed by atoms with Gasteiger partial charge in [-0.25, -0.2) is 4.98 Å². The number of aromatic nitrogens is 2. The maximum absolute atomic E-state index is 9.24. The molecule has 0 saturated carbocycles. The van der Waals surface area contributed by atoms with Crippen molar-refractivity contribution in [2.75, 3.05) is 6.54 Å². The van der Waals surface area contributed by atoms with Crippen LogP contribution >= 0.6 is 0 Å². The first-order chi connectivity index (χ1) is 9.29. The Balaban J connectivity index is 1.85. The maximum Gasteiger partial charge on any atom is 0.0946 e. The molecule has 98 valence electrons. The van der Waals surface area contributed by atoms with Crippen LogP contribution in [0.2, 0.25) is 0 Å². The van der Waals surface area contributed by atoms with Crippen LogP contribution in [-0.4, -0.2) is 22.1 Å². The van der Waals surface area contributed by atoms with Gasteiger partial charge in [-0.05, 0) is 12.5 Å². The standard InChI is InChI=1S/C15H18N4/c1-13(11-19-8-7-17-12-19)18-10-15(9-16)14-5-3-2-4-6-14/h2-8,12-13,15,18H,10-11H2,1H3. The lowest BCUT2D eigenvalue weighted by Gasteiger charge is -2.17. The van der Waals surface area contributed by atoms with E-state index in [2.05, 4.69) is 23.3 Å². The Hall–Kier alpha value is -2.12. The minimum absolute atomic E-state index is 0.105. The fourth-order valence-corrected chi connectivity index (χ4v) is 2.02. The Bertz CT molecular complexity index is 513. The molecule has 1 heterocycles. The Morgan fingerprint density at radius 3 is 2.79 bits per heavy atom. The highest BCUT2D eigenvalue weighted by Gasteiger charge is 2.11. The van der Waals surface area contributed by atoms with E-state index in [0.29, 0.717) is 12.6 Å². The van der Waals surface area contributed by atoms with E-state index in [1.807, 2.05) is 41.1 Å². The fraction of sp³-hybridized carbons (Fsp3) is 0.333. The van der Waals surface area contributed by atoms with Crippen LogP contribution in [0.4, 0.5) is 0 Å². The molecule has 1 N–H and O–H groups in total. The van der Waals surface area contributed by atoms with Gasteiger partial charge in [0, 0.05) is 31.5 Å². The molecule has 0 fully saturated rings. The Kier molecular flexibility index (Phi) is 4.71. The van der Waals surface area contributed by atoms with E-state index < -0.39 is 0 Å². The smallest absolute Gasteiger partial charge is 0.0946 e. The first kappa shape index (κ1) is 13.3. The molecular weight excluding hydrogens is 236 g/mol. The third-order valence-corrected chi connectivity index (χ3v) is 3.07. The van der Waals surface area contributed by atoms with Crippen molar-refractivity contribution < 1.29 is 0 Å². The number of imidazole rings is 1. The SMILES string of the molecule is CC(Cn1ccnc1)NCC(C#N)c1ccccc1. The lowest BCUT2D eigenvalue weighted by molar-refractivity contribution is 0.471. The molecule has 2 atom stereocenters. The molecule has 2 unspecified atom stereocenters. The van der Waals surface area contributed by atoms with Crippen molar-refractivity contribution in [2.45, 2.75) is 25.4 Å². The molecule has 19 heavy (non-hydrogen) atoms. The van der Waals surface area contributed by atoms with Gasteiger partial charge in [-0.2, -0.15) is 5.26 Å². The largest absolute Gasteiger partial charge is 0.336 e. The van der Waals surface area contributed by atoms with Gasteiger partial charge in [0.25, 0.3) is 0 Å². The first-order valence-electron chi connectivity index (χ1n) is 6.43. The summed E-state index contributed by atoms with van der Waals surface area (Å²) < 4.78 is 2.03. The zero-order valence-corrected chi connectivity index (χ0v) is 11.0. The van der Waals surface area contributed by atoms with Gasteiger partial charge in [0.05, 0.1) is 18.3 Å². The van der Waals surface area contributed by atoms with Crippen molar-refractivity contribution in [3.8, 4) is 6.07 Å². The van der Waals surface area contributed by atoms with Crippen LogP contribution < -0.4 is 5.32 Å². The molecule has 0 saturated heterocycles. The summed E-state index contributed by atoms with van der Waals surface area (Å²) in [7, 11) is 0. The second-order valence-electron chi connectivity index (χ2n) is 4.66. The van der Waals surface area contributed by atoms with Crippen LogP contribution in [0.15, 0.2) is 49.1 Å². The van der Waals surface area contributed by atoms with Crippen molar-refractivity contribution in [2.24, 2.45) is 0 Å². The summed E-state index contributed by atoms with van der Waals surface area (Å²) in [4.78, 5) is 4.02. The molecule has 0 bridgehead atoms. The van der Waals surface area contributed by atoms with Gasteiger partial charge < -0.3 is 9.88 Å². The molecule has 2 rings (SSSR count).